The van der Waals surface area contributed by atoms with Gasteiger partial charge in [0.15, 0.2) is 5.96 Å². The van der Waals surface area contributed by atoms with Crippen molar-refractivity contribution in [3.05, 3.63) is 35.9 Å². The number of carbonyl (C=O) groups excluding carboxylic acids is 6. The molecule has 13 N–H and O–H groups in total. The van der Waals surface area contributed by atoms with Crippen molar-refractivity contribution in [1.29, 1.82) is 0 Å². The molecule has 10 atom stereocenters. The molecule has 2 rings (SSSR count). The lowest BCUT2D eigenvalue weighted by Gasteiger charge is -2.32. The summed E-state index contributed by atoms with van der Waals surface area (Å²) in [6.45, 7) is 12.7. The van der Waals surface area contributed by atoms with Crippen LogP contribution in [-0.2, 0) is 40.0 Å². The highest BCUT2D eigenvalue weighted by atomic mass is 16.4. The third-order valence-corrected chi connectivity index (χ3v) is 11.0. The molecular weight excluding hydrogens is 789 g/mol. The summed E-state index contributed by atoms with van der Waals surface area (Å²) in [5, 5.41) is 33.5. The van der Waals surface area contributed by atoms with Crippen LogP contribution in [0.1, 0.15) is 99.0 Å². The Morgan fingerprint density at radius 1 is 0.787 bits per heavy atom. The zero-order valence-electron chi connectivity index (χ0n) is 36.7. The van der Waals surface area contributed by atoms with Crippen LogP contribution in [0.5, 0.6) is 0 Å². The molecule has 1 fully saturated rings. The van der Waals surface area contributed by atoms with Crippen LogP contribution in [0, 0.1) is 17.8 Å². The molecule has 342 valence electrons. The van der Waals surface area contributed by atoms with Gasteiger partial charge in [0.2, 0.25) is 35.4 Å². The molecule has 1 saturated heterocycles. The summed E-state index contributed by atoms with van der Waals surface area (Å²) in [4.78, 5) is 100.0. The molecule has 1 heterocycles. The van der Waals surface area contributed by atoms with Gasteiger partial charge in [0.1, 0.15) is 42.3 Å². The molecule has 0 saturated carbocycles. The van der Waals surface area contributed by atoms with Crippen molar-refractivity contribution in [3.63, 3.8) is 0 Å². The van der Waals surface area contributed by atoms with Crippen LogP contribution in [0.4, 0.5) is 0 Å². The Kier molecular flexibility index (Phi) is 21.6. The maximum atomic E-state index is 14.1. The number of nitrogens with two attached hydrogens (primary N) is 3. The van der Waals surface area contributed by atoms with Crippen LogP contribution in [0.2, 0.25) is 0 Å². The SMILES string of the molecule is CC[C@H](C)[C@H](NC(=O)[C@H](CC(C)C)NC(=O)[C@@H](NC(=O)[C@@H]1CCCN1C(=O)[C@@H](N)[C@@H](C)O)[C@@H](C)CC)C(=O)N[C@@H](Cc1ccccc1)C(=O)N[C@@H](CCCN=C(N)N)C(=O)O. The van der Waals surface area contributed by atoms with E-state index in [1.165, 1.54) is 11.8 Å². The number of hydrogen-bond acceptors (Lipinski definition) is 10. The molecule has 61 heavy (non-hydrogen) atoms. The van der Waals surface area contributed by atoms with Crippen molar-refractivity contribution in [2.45, 2.75) is 148 Å². The quantitative estimate of drug-likeness (QED) is 0.0342. The molecule has 0 aromatic heterocycles. The number of guanidine groups is 1. The van der Waals surface area contributed by atoms with Gasteiger partial charge in [-0.15, -0.1) is 0 Å². The molecule has 1 aliphatic rings. The van der Waals surface area contributed by atoms with Crippen LogP contribution in [0.3, 0.4) is 0 Å². The number of rotatable bonds is 25. The van der Waals surface area contributed by atoms with E-state index < -0.39 is 95.7 Å². The third-order valence-electron chi connectivity index (χ3n) is 11.0. The highest BCUT2D eigenvalue weighted by molar-refractivity contribution is 5.97. The van der Waals surface area contributed by atoms with Crippen molar-refractivity contribution < 1.29 is 43.8 Å². The largest absolute Gasteiger partial charge is 0.480 e. The van der Waals surface area contributed by atoms with Gasteiger partial charge in [0.05, 0.1) is 6.10 Å². The topological polar surface area (TPSA) is 314 Å². The van der Waals surface area contributed by atoms with Crippen molar-refractivity contribution >= 4 is 47.4 Å². The number of nitrogens with zero attached hydrogens (tertiary/aromatic N) is 2. The van der Waals surface area contributed by atoms with E-state index in [2.05, 4.69) is 31.6 Å². The molecule has 6 amide bonds. The molecule has 0 aliphatic carbocycles. The van der Waals surface area contributed by atoms with Crippen LogP contribution in [-0.4, -0.2) is 124 Å². The average molecular weight is 859 g/mol. The van der Waals surface area contributed by atoms with E-state index in [1.807, 2.05) is 27.7 Å². The minimum atomic E-state index is -1.31. The van der Waals surface area contributed by atoms with E-state index in [0.29, 0.717) is 31.2 Å². The number of aliphatic hydroxyl groups excluding tert-OH is 1. The third kappa shape index (κ3) is 16.6. The van der Waals surface area contributed by atoms with E-state index in [4.69, 9.17) is 17.2 Å². The van der Waals surface area contributed by atoms with Crippen LogP contribution in [0.15, 0.2) is 35.3 Å². The summed E-state index contributed by atoms with van der Waals surface area (Å²) < 4.78 is 0. The maximum Gasteiger partial charge on any atom is 0.326 e. The van der Waals surface area contributed by atoms with Gasteiger partial charge in [-0.25, -0.2) is 4.79 Å². The number of carboxylic acids is 1. The van der Waals surface area contributed by atoms with E-state index >= 15 is 0 Å². The number of amides is 6. The van der Waals surface area contributed by atoms with Gasteiger partial charge in [-0.1, -0.05) is 84.7 Å². The first kappa shape index (κ1) is 51.8. The highest BCUT2D eigenvalue weighted by Crippen LogP contribution is 2.21. The number of aliphatic carboxylic acids is 1. The molecule has 0 unspecified atom stereocenters. The van der Waals surface area contributed by atoms with Crippen molar-refractivity contribution in [2.75, 3.05) is 13.1 Å². The van der Waals surface area contributed by atoms with Crippen molar-refractivity contribution in [2.24, 2.45) is 39.9 Å². The number of nitrogens with one attached hydrogen (secondary N) is 5. The van der Waals surface area contributed by atoms with Gasteiger partial charge >= 0.3 is 5.97 Å². The fourth-order valence-corrected chi connectivity index (χ4v) is 6.93. The minimum absolute atomic E-state index is 0.00875. The predicted molar refractivity (Wildman–Crippen MR) is 230 cm³/mol. The average Bonchev–Trinajstić information content (AvgIpc) is 3.71. The summed E-state index contributed by atoms with van der Waals surface area (Å²) in [5.74, 6) is -6.23. The summed E-state index contributed by atoms with van der Waals surface area (Å²) in [5.41, 5.74) is 17.3. The van der Waals surface area contributed by atoms with Crippen LogP contribution >= 0.6 is 0 Å². The molecule has 0 radical (unpaired) electrons. The Morgan fingerprint density at radius 2 is 1.33 bits per heavy atom. The lowest BCUT2D eigenvalue weighted by molar-refractivity contribution is -0.142. The van der Waals surface area contributed by atoms with Gasteiger partial charge < -0.3 is 58.9 Å². The Hall–Kier alpha value is -5.30. The Labute approximate surface area is 359 Å². The lowest BCUT2D eigenvalue weighted by atomic mass is 9.94. The molecule has 19 nitrogen and oxygen atoms in total. The number of benzene rings is 1. The normalized spacial score (nSPS) is 18.2. The zero-order valence-corrected chi connectivity index (χ0v) is 36.7. The first-order valence-electron chi connectivity index (χ1n) is 21.3. The number of aliphatic hydroxyl groups is 1. The lowest BCUT2D eigenvalue weighted by Crippen LogP contribution is -2.61. The van der Waals surface area contributed by atoms with Crippen LogP contribution in [0.25, 0.3) is 0 Å². The Morgan fingerprint density at radius 3 is 1.85 bits per heavy atom. The molecular formula is C42H70N10O9. The minimum Gasteiger partial charge on any atom is -0.480 e. The smallest absolute Gasteiger partial charge is 0.326 e. The Balaban J connectivity index is 2.34. The first-order chi connectivity index (χ1) is 28.7. The Bertz CT molecular complexity index is 1660. The van der Waals surface area contributed by atoms with E-state index in [0.717, 1.165) is 0 Å². The number of carboxylic acid groups (broad SMARTS) is 1. The zero-order chi connectivity index (χ0) is 46.0. The van der Waals surface area contributed by atoms with Gasteiger partial charge in [0, 0.05) is 19.5 Å². The molecule has 1 aromatic rings. The van der Waals surface area contributed by atoms with Gasteiger partial charge in [0.25, 0.3) is 0 Å². The molecule has 1 aliphatic heterocycles. The summed E-state index contributed by atoms with van der Waals surface area (Å²) in [6, 6.07) is 0.773. The second-order valence-corrected chi connectivity index (χ2v) is 16.5. The summed E-state index contributed by atoms with van der Waals surface area (Å²) in [6.07, 6.45) is 1.12. The first-order valence-corrected chi connectivity index (χ1v) is 21.3. The predicted octanol–water partition coefficient (Wildman–Crippen LogP) is -0.371. The number of aliphatic imine (C=N–C) groups is 1. The molecule has 1 aromatic carbocycles. The van der Waals surface area contributed by atoms with Gasteiger partial charge in [-0.2, -0.15) is 0 Å². The van der Waals surface area contributed by atoms with Gasteiger partial charge in [-0.05, 0) is 62.3 Å². The summed E-state index contributed by atoms with van der Waals surface area (Å²) >= 11 is 0. The molecule has 19 heteroatoms. The maximum absolute atomic E-state index is 14.1. The second kappa shape index (κ2) is 25.5. The fourth-order valence-electron chi connectivity index (χ4n) is 6.93. The van der Waals surface area contributed by atoms with Crippen LogP contribution < -0.4 is 43.8 Å². The number of hydrogen-bond donors (Lipinski definition) is 10. The van der Waals surface area contributed by atoms with Gasteiger partial charge in [-0.3, -0.25) is 33.8 Å². The monoisotopic (exact) mass is 859 g/mol. The number of carbonyl (C=O) groups is 7. The summed E-state index contributed by atoms with van der Waals surface area (Å²) in [7, 11) is 0. The van der Waals surface area contributed by atoms with Crippen molar-refractivity contribution in [1.82, 2.24) is 31.5 Å². The van der Waals surface area contributed by atoms with E-state index in [9.17, 15) is 43.8 Å². The van der Waals surface area contributed by atoms with E-state index in [-0.39, 0.29) is 56.6 Å². The molecule has 0 spiro atoms. The molecule has 0 bridgehead atoms. The van der Waals surface area contributed by atoms with E-state index in [1.54, 1.807) is 44.2 Å². The fraction of sp³-hybridized carbons (Fsp3) is 0.667. The van der Waals surface area contributed by atoms with Crippen molar-refractivity contribution in [3.8, 4) is 0 Å². The second-order valence-electron chi connectivity index (χ2n) is 16.5. The number of likely N-dealkylation sites (tertiary alicyclic amines) is 1. The highest BCUT2D eigenvalue weighted by Gasteiger charge is 2.40. The standard InChI is InChI=1S/C42H70N10O9/c1-8-24(5)33(38(57)49-30(22-27-15-11-10-12-16-27)35(54)47-28(41(60)61)17-13-19-46-42(44)45)50-36(55)29(21-23(3)4)48-39(58)34(25(6)9-2)51-37(56)31-18-14-20-52(31)40(59)32(43)26(7)53/h10-12,15-16,23-26,28-34,53H,8-9,13-14,17-22,43H2,1-7H3,(H,47,54)(H,48,58)(H,49,57)(H,50,55)(H,51,56)(H,60,61)(H4,44,45,46)/t24-,25-,26+,28-,29-,30-,31-,32-,33-,34-/m0/s1.